The maximum Gasteiger partial charge on any atom is 0.327 e. The highest BCUT2D eigenvalue weighted by Crippen LogP contribution is 2.38. The van der Waals surface area contributed by atoms with Gasteiger partial charge in [-0.2, -0.15) is 0 Å². The Balaban J connectivity index is 2.73. The number of para-hydroxylation sites is 1. The number of carboxylic acids is 1. The zero-order valence-corrected chi connectivity index (χ0v) is 14.2. The van der Waals surface area contributed by atoms with Crippen molar-refractivity contribution in [1.29, 1.82) is 0 Å². The number of amides is 1. The maximum absolute atomic E-state index is 11.3. The highest BCUT2D eigenvalue weighted by Gasteiger charge is 2.37. The lowest BCUT2D eigenvalue weighted by molar-refractivity contribution is -0.142. The third-order valence-corrected chi connectivity index (χ3v) is 5.69. The number of nitrogens with two attached hydrogens (primary N) is 1. The number of hydrogen-bond acceptors (Lipinski definition) is 5. The van der Waals surface area contributed by atoms with Gasteiger partial charge in [-0.25, -0.2) is 9.79 Å². The van der Waals surface area contributed by atoms with Crippen molar-refractivity contribution in [1.82, 2.24) is 5.32 Å². The second kappa shape index (κ2) is 8.09. The number of rotatable bonds is 6. The van der Waals surface area contributed by atoms with Crippen molar-refractivity contribution in [3.63, 3.8) is 0 Å². The molecule has 0 saturated heterocycles. The number of aliphatic imine (C=N–C) groups is 1. The molecule has 0 spiro atoms. The van der Waals surface area contributed by atoms with Crippen LogP contribution in [0.25, 0.3) is 0 Å². The molecule has 0 heterocycles. The number of benzene rings is 1. The Hall–Kier alpha value is -1.67. The Morgan fingerprint density at radius 2 is 1.91 bits per heavy atom. The molecule has 0 aliphatic carbocycles. The van der Waals surface area contributed by atoms with Crippen molar-refractivity contribution in [2.45, 2.75) is 31.6 Å². The molecule has 0 aliphatic heterocycles. The highest BCUT2D eigenvalue weighted by atomic mass is 33.1. The van der Waals surface area contributed by atoms with E-state index in [2.05, 4.69) is 10.3 Å². The number of carbonyl (C=O) groups is 2. The van der Waals surface area contributed by atoms with Crippen molar-refractivity contribution >= 4 is 44.3 Å². The molecule has 0 aromatic heterocycles. The maximum atomic E-state index is 11.3. The molecule has 22 heavy (non-hydrogen) atoms. The van der Waals surface area contributed by atoms with Gasteiger partial charge in [0.05, 0.1) is 10.4 Å². The minimum atomic E-state index is -1.09. The van der Waals surface area contributed by atoms with Crippen molar-refractivity contribution in [3.8, 4) is 0 Å². The van der Waals surface area contributed by atoms with Gasteiger partial charge in [0.2, 0.25) is 5.91 Å². The van der Waals surface area contributed by atoms with Crippen LogP contribution < -0.4 is 11.1 Å². The Kier molecular flexibility index (Phi) is 6.76. The number of carboxylic acid groups (broad SMARTS) is 1. The summed E-state index contributed by atoms with van der Waals surface area (Å²) in [6.07, 6.45) is 0. The predicted molar refractivity (Wildman–Crippen MR) is 92.2 cm³/mol. The number of carbonyl (C=O) groups excluding carboxylic acids is 1. The van der Waals surface area contributed by atoms with Gasteiger partial charge in [0.25, 0.3) is 0 Å². The fourth-order valence-electron chi connectivity index (χ4n) is 1.58. The topological polar surface area (TPSA) is 105 Å². The molecule has 1 amide bonds. The molecule has 1 rings (SSSR count). The Morgan fingerprint density at radius 1 is 1.32 bits per heavy atom. The Bertz CT molecular complexity index is 562. The summed E-state index contributed by atoms with van der Waals surface area (Å²) in [6, 6.07) is 8.20. The Morgan fingerprint density at radius 3 is 2.41 bits per heavy atom. The van der Waals surface area contributed by atoms with E-state index in [1.165, 1.54) is 28.5 Å². The summed E-state index contributed by atoms with van der Waals surface area (Å²) in [5.41, 5.74) is 6.57. The van der Waals surface area contributed by atoms with E-state index in [4.69, 9.17) is 5.73 Å². The average Bonchev–Trinajstić information content (AvgIpc) is 2.43. The fraction of sp³-hybridized carbons (Fsp3) is 0.357. The molecule has 1 unspecified atom stereocenters. The van der Waals surface area contributed by atoms with Gasteiger partial charge in [-0.15, -0.1) is 0 Å². The quantitative estimate of drug-likeness (QED) is 0.417. The van der Waals surface area contributed by atoms with Crippen molar-refractivity contribution in [2.24, 2.45) is 10.7 Å². The van der Waals surface area contributed by atoms with Gasteiger partial charge in [0, 0.05) is 6.92 Å². The monoisotopic (exact) mass is 341 g/mol. The summed E-state index contributed by atoms with van der Waals surface area (Å²) in [6.45, 7) is 4.75. The smallest absolute Gasteiger partial charge is 0.327 e. The van der Waals surface area contributed by atoms with Crippen LogP contribution in [0, 0.1) is 0 Å². The van der Waals surface area contributed by atoms with E-state index in [0.717, 1.165) is 5.69 Å². The Labute approximate surface area is 137 Å². The van der Waals surface area contributed by atoms with Crippen molar-refractivity contribution in [3.05, 3.63) is 30.3 Å². The number of hydrogen-bond donors (Lipinski definition) is 3. The van der Waals surface area contributed by atoms with E-state index in [1.807, 2.05) is 30.3 Å². The van der Waals surface area contributed by atoms with Crippen LogP contribution in [0.3, 0.4) is 0 Å². The van der Waals surface area contributed by atoms with Crippen LogP contribution in [0.2, 0.25) is 0 Å². The van der Waals surface area contributed by atoms with E-state index >= 15 is 0 Å². The minimum absolute atomic E-state index is 0.316. The average molecular weight is 341 g/mol. The lowest BCUT2D eigenvalue weighted by atomic mass is 10.0. The van der Waals surface area contributed by atoms with Crippen LogP contribution in [0.1, 0.15) is 20.8 Å². The van der Waals surface area contributed by atoms with Gasteiger partial charge in [-0.05, 0) is 36.8 Å². The zero-order valence-electron chi connectivity index (χ0n) is 12.6. The van der Waals surface area contributed by atoms with E-state index in [0.29, 0.717) is 5.17 Å². The van der Waals surface area contributed by atoms with Crippen LogP contribution in [0.15, 0.2) is 35.3 Å². The van der Waals surface area contributed by atoms with Crippen LogP contribution in [0.4, 0.5) is 5.69 Å². The zero-order chi connectivity index (χ0) is 16.8. The summed E-state index contributed by atoms with van der Waals surface area (Å²) in [7, 11) is 2.43. The normalized spacial score (nSPS) is 13.5. The largest absolute Gasteiger partial charge is 0.480 e. The summed E-state index contributed by atoms with van der Waals surface area (Å²) >= 11 is 0. The first kappa shape index (κ1) is 18.4. The molecule has 8 heteroatoms. The molecule has 0 bridgehead atoms. The first-order chi connectivity index (χ1) is 10.2. The highest BCUT2D eigenvalue weighted by molar-refractivity contribution is 8.82. The lowest BCUT2D eigenvalue weighted by Gasteiger charge is -2.30. The summed E-state index contributed by atoms with van der Waals surface area (Å²) in [5, 5.41) is 12.0. The van der Waals surface area contributed by atoms with E-state index in [1.54, 1.807) is 13.8 Å². The summed E-state index contributed by atoms with van der Waals surface area (Å²) < 4.78 is -0.765. The molecular formula is C14H19N3O3S2. The number of nitrogens with zero attached hydrogens (tertiary/aromatic N) is 1. The van der Waals surface area contributed by atoms with Crippen LogP contribution >= 0.6 is 21.6 Å². The summed E-state index contributed by atoms with van der Waals surface area (Å²) in [4.78, 5) is 26.7. The molecule has 1 aromatic rings. The molecule has 4 N–H and O–H groups in total. The second-order valence-electron chi connectivity index (χ2n) is 5.03. The summed E-state index contributed by atoms with van der Waals surface area (Å²) in [5.74, 6) is -1.48. The molecular weight excluding hydrogens is 322 g/mol. The van der Waals surface area contributed by atoms with Gasteiger partial charge >= 0.3 is 5.97 Å². The first-order valence-corrected chi connectivity index (χ1v) is 8.62. The molecule has 1 atom stereocenters. The number of aliphatic carboxylic acids is 1. The molecule has 0 fully saturated rings. The molecule has 0 saturated carbocycles. The van der Waals surface area contributed by atoms with Gasteiger partial charge in [0.1, 0.15) is 6.04 Å². The van der Waals surface area contributed by atoms with Crippen molar-refractivity contribution < 1.29 is 14.7 Å². The fourth-order valence-corrected chi connectivity index (χ4v) is 3.58. The third kappa shape index (κ3) is 5.98. The molecule has 1 aromatic carbocycles. The van der Waals surface area contributed by atoms with Gasteiger partial charge in [0.15, 0.2) is 5.17 Å². The molecule has 120 valence electrons. The van der Waals surface area contributed by atoms with Gasteiger partial charge < -0.3 is 16.2 Å². The van der Waals surface area contributed by atoms with E-state index in [-0.39, 0.29) is 0 Å². The van der Waals surface area contributed by atoms with Crippen LogP contribution in [-0.4, -0.2) is 32.9 Å². The third-order valence-electron chi connectivity index (χ3n) is 2.63. The minimum Gasteiger partial charge on any atom is -0.480 e. The standard InChI is InChI=1S/C14H19N3O3S2/c1-9(18)16-11(12(19)20)14(2,3)22-21-13(15)17-10-7-5-4-6-8-10/h4-8,11H,1-3H3,(H2,15,17)(H,16,18)(H,19,20). The van der Waals surface area contributed by atoms with Gasteiger partial charge in [-0.3, -0.25) is 4.79 Å². The number of amidine groups is 1. The SMILES string of the molecule is CC(=O)NC(C(=O)O)C(C)(C)SSC(N)=Nc1ccccc1. The predicted octanol–water partition coefficient (Wildman–Crippen LogP) is 2.38. The number of nitrogens with one attached hydrogen (secondary N) is 1. The van der Waals surface area contributed by atoms with Crippen LogP contribution in [0.5, 0.6) is 0 Å². The first-order valence-electron chi connectivity index (χ1n) is 6.47. The molecule has 6 nitrogen and oxygen atoms in total. The van der Waals surface area contributed by atoms with E-state index in [9.17, 15) is 14.7 Å². The molecule has 0 aliphatic rings. The molecule has 0 radical (unpaired) electrons. The second-order valence-corrected chi connectivity index (χ2v) is 7.83. The lowest BCUT2D eigenvalue weighted by Crippen LogP contribution is -2.51. The van der Waals surface area contributed by atoms with Crippen LogP contribution in [-0.2, 0) is 9.59 Å². The van der Waals surface area contributed by atoms with E-state index < -0.39 is 22.7 Å². The van der Waals surface area contributed by atoms with Crippen molar-refractivity contribution in [2.75, 3.05) is 0 Å². The van der Waals surface area contributed by atoms with Gasteiger partial charge in [-0.1, -0.05) is 29.0 Å².